The summed E-state index contributed by atoms with van der Waals surface area (Å²) < 4.78 is 5.72. The van der Waals surface area contributed by atoms with E-state index in [1.165, 1.54) is 5.56 Å². The van der Waals surface area contributed by atoms with E-state index < -0.39 is 5.97 Å². The Balaban J connectivity index is 2.34. The summed E-state index contributed by atoms with van der Waals surface area (Å²) in [5, 5.41) is 9.17. The van der Waals surface area contributed by atoms with Crippen LogP contribution in [0.15, 0.2) is 42.5 Å². The fourth-order valence-corrected chi connectivity index (χ4v) is 1.87. The van der Waals surface area contributed by atoms with Crippen molar-refractivity contribution in [3.05, 3.63) is 59.2 Å². The number of carbonyl (C=O) groups is 1. The third-order valence-corrected chi connectivity index (χ3v) is 2.99. The lowest BCUT2D eigenvalue weighted by molar-refractivity contribution is 0.0694. The molecular formula is C16H16O3. The standard InChI is InChI=1S/C16H16O3/c1-3-12-7-9-13(10-8-12)19-15-11(2)5-4-6-14(15)16(17)18/h4-10H,3H2,1-2H3,(H,17,18). The number of benzene rings is 2. The molecule has 0 spiro atoms. The Morgan fingerprint density at radius 3 is 2.42 bits per heavy atom. The van der Waals surface area contributed by atoms with Crippen LogP contribution in [0.4, 0.5) is 0 Å². The molecule has 0 saturated carbocycles. The molecule has 0 aliphatic rings. The van der Waals surface area contributed by atoms with Crippen LogP contribution in [-0.4, -0.2) is 11.1 Å². The number of hydrogen-bond acceptors (Lipinski definition) is 2. The highest BCUT2D eigenvalue weighted by Crippen LogP contribution is 2.29. The van der Waals surface area contributed by atoms with Crippen LogP contribution in [0.5, 0.6) is 11.5 Å². The van der Waals surface area contributed by atoms with Crippen molar-refractivity contribution >= 4 is 5.97 Å². The topological polar surface area (TPSA) is 46.5 Å². The lowest BCUT2D eigenvalue weighted by atomic mass is 10.1. The number of rotatable bonds is 4. The Kier molecular flexibility index (Phi) is 3.85. The van der Waals surface area contributed by atoms with Crippen molar-refractivity contribution in [2.24, 2.45) is 0 Å². The van der Waals surface area contributed by atoms with Crippen LogP contribution in [0.25, 0.3) is 0 Å². The minimum Gasteiger partial charge on any atom is -0.478 e. The first-order chi connectivity index (χ1) is 9.11. The van der Waals surface area contributed by atoms with E-state index in [4.69, 9.17) is 4.74 Å². The zero-order valence-corrected chi connectivity index (χ0v) is 11.0. The third-order valence-electron chi connectivity index (χ3n) is 2.99. The molecular weight excluding hydrogens is 240 g/mol. The van der Waals surface area contributed by atoms with Crippen LogP contribution in [0.3, 0.4) is 0 Å². The molecule has 0 aliphatic heterocycles. The first-order valence-electron chi connectivity index (χ1n) is 6.21. The van der Waals surface area contributed by atoms with E-state index in [0.29, 0.717) is 11.5 Å². The second-order valence-electron chi connectivity index (χ2n) is 4.36. The molecule has 2 aromatic carbocycles. The van der Waals surface area contributed by atoms with Gasteiger partial charge in [-0.05, 0) is 42.7 Å². The molecule has 0 bridgehead atoms. The number of hydrogen-bond donors (Lipinski definition) is 1. The van der Waals surface area contributed by atoms with Crippen molar-refractivity contribution in [1.82, 2.24) is 0 Å². The molecule has 0 amide bonds. The normalized spacial score (nSPS) is 10.2. The van der Waals surface area contributed by atoms with E-state index in [-0.39, 0.29) is 5.56 Å². The second kappa shape index (κ2) is 5.57. The highest BCUT2D eigenvalue weighted by molar-refractivity contribution is 5.91. The predicted molar refractivity (Wildman–Crippen MR) is 74.0 cm³/mol. The Hall–Kier alpha value is -2.29. The quantitative estimate of drug-likeness (QED) is 0.897. The fourth-order valence-electron chi connectivity index (χ4n) is 1.87. The lowest BCUT2D eigenvalue weighted by Gasteiger charge is -2.11. The SMILES string of the molecule is CCc1ccc(Oc2c(C)cccc2C(=O)O)cc1. The molecule has 0 atom stereocenters. The molecule has 1 N–H and O–H groups in total. The van der Waals surface area contributed by atoms with Crippen LogP contribution in [-0.2, 0) is 6.42 Å². The van der Waals surface area contributed by atoms with Gasteiger partial charge in [-0.2, -0.15) is 0 Å². The molecule has 19 heavy (non-hydrogen) atoms. The average molecular weight is 256 g/mol. The second-order valence-corrected chi connectivity index (χ2v) is 4.36. The van der Waals surface area contributed by atoms with Gasteiger partial charge in [-0.15, -0.1) is 0 Å². The van der Waals surface area contributed by atoms with E-state index in [1.807, 2.05) is 37.3 Å². The summed E-state index contributed by atoms with van der Waals surface area (Å²) in [6.45, 7) is 3.92. The van der Waals surface area contributed by atoms with E-state index in [1.54, 1.807) is 12.1 Å². The van der Waals surface area contributed by atoms with Crippen molar-refractivity contribution in [3.8, 4) is 11.5 Å². The smallest absolute Gasteiger partial charge is 0.339 e. The number of ether oxygens (including phenoxy) is 1. The fraction of sp³-hybridized carbons (Fsp3) is 0.188. The minimum absolute atomic E-state index is 0.180. The van der Waals surface area contributed by atoms with Gasteiger partial charge in [-0.1, -0.05) is 31.2 Å². The summed E-state index contributed by atoms with van der Waals surface area (Å²) in [4.78, 5) is 11.2. The molecule has 98 valence electrons. The third kappa shape index (κ3) is 2.94. The zero-order valence-electron chi connectivity index (χ0n) is 11.0. The molecule has 0 saturated heterocycles. The minimum atomic E-state index is -0.983. The van der Waals surface area contributed by atoms with Crippen LogP contribution in [0.2, 0.25) is 0 Å². The van der Waals surface area contributed by atoms with Crippen LogP contribution >= 0.6 is 0 Å². The van der Waals surface area contributed by atoms with E-state index in [2.05, 4.69) is 6.92 Å². The molecule has 0 unspecified atom stereocenters. The maximum absolute atomic E-state index is 11.2. The number of aryl methyl sites for hydroxylation is 2. The Labute approximate surface area is 112 Å². The Morgan fingerprint density at radius 1 is 1.16 bits per heavy atom. The predicted octanol–water partition coefficient (Wildman–Crippen LogP) is 4.05. The van der Waals surface area contributed by atoms with Gasteiger partial charge < -0.3 is 9.84 Å². The highest BCUT2D eigenvalue weighted by Gasteiger charge is 2.13. The summed E-state index contributed by atoms with van der Waals surface area (Å²) in [5.41, 5.74) is 2.20. The Morgan fingerprint density at radius 2 is 1.84 bits per heavy atom. The molecule has 0 heterocycles. The molecule has 0 radical (unpaired) electrons. The van der Waals surface area contributed by atoms with Crippen LogP contribution in [0.1, 0.15) is 28.4 Å². The molecule has 0 aromatic heterocycles. The summed E-state index contributed by atoms with van der Waals surface area (Å²) in [7, 11) is 0. The van der Waals surface area contributed by atoms with Gasteiger partial charge in [0.05, 0.1) is 0 Å². The van der Waals surface area contributed by atoms with Gasteiger partial charge in [0.25, 0.3) is 0 Å². The molecule has 2 rings (SSSR count). The summed E-state index contributed by atoms with van der Waals surface area (Å²) in [6.07, 6.45) is 0.963. The summed E-state index contributed by atoms with van der Waals surface area (Å²) in [5.74, 6) is 0.0668. The number of carboxylic acids is 1. The lowest BCUT2D eigenvalue weighted by Crippen LogP contribution is -2.01. The summed E-state index contributed by atoms with van der Waals surface area (Å²) in [6, 6.07) is 12.8. The summed E-state index contributed by atoms with van der Waals surface area (Å²) >= 11 is 0. The molecule has 0 fully saturated rings. The van der Waals surface area contributed by atoms with Crippen LogP contribution in [0, 0.1) is 6.92 Å². The first-order valence-corrected chi connectivity index (χ1v) is 6.21. The van der Waals surface area contributed by atoms with Gasteiger partial charge in [0, 0.05) is 0 Å². The van der Waals surface area contributed by atoms with E-state index in [9.17, 15) is 9.90 Å². The maximum Gasteiger partial charge on any atom is 0.339 e. The largest absolute Gasteiger partial charge is 0.478 e. The molecule has 0 aliphatic carbocycles. The van der Waals surface area contributed by atoms with Gasteiger partial charge >= 0.3 is 5.97 Å². The average Bonchev–Trinajstić information content (AvgIpc) is 2.41. The number of carboxylic acid groups (broad SMARTS) is 1. The van der Waals surface area contributed by atoms with Crippen LogP contribution < -0.4 is 4.74 Å². The van der Waals surface area contributed by atoms with E-state index >= 15 is 0 Å². The van der Waals surface area contributed by atoms with Gasteiger partial charge in [0.2, 0.25) is 0 Å². The van der Waals surface area contributed by atoms with Crippen molar-refractivity contribution in [2.45, 2.75) is 20.3 Å². The van der Waals surface area contributed by atoms with Gasteiger partial charge in [-0.3, -0.25) is 0 Å². The monoisotopic (exact) mass is 256 g/mol. The van der Waals surface area contributed by atoms with E-state index in [0.717, 1.165) is 12.0 Å². The molecule has 3 nitrogen and oxygen atoms in total. The van der Waals surface area contributed by atoms with Crippen molar-refractivity contribution in [1.29, 1.82) is 0 Å². The van der Waals surface area contributed by atoms with Gasteiger partial charge in [0.1, 0.15) is 17.1 Å². The zero-order chi connectivity index (χ0) is 13.8. The van der Waals surface area contributed by atoms with Crippen molar-refractivity contribution < 1.29 is 14.6 Å². The highest BCUT2D eigenvalue weighted by atomic mass is 16.5. The van der Waals surface area contributed by atoms with Gasteiger partial charge in [0.15, 0.2) is 0 Å². The molecule has 3 heteroatoms. The molecule has 2 aromatic rings. The Bertz CT molecular complexity index is 585. The van der Waals surface area contributed by atoms with Crippen molar-refractivity contribution in [2.75, 3.05) is 0 Å². The number of para-hydroxylation sites is 1. The number of aromatic carboxylic acids is 1. The van der Waals surface area contributed by atoms with Crippen molar-refractivity contribution in [3.63, 3.8) is 0 Å². The maximum atomic E-state index is 11.2. The van der Waals surface area contributed by atoms with Gasteiger partial charge in [-0.25, -0.2) is 4.79 Å². The first kappa shape index (κ1) is 13.1.